The smallest absolute Gasteiger partial charge is 0.254 e. The third-order valence-electron chi connectivity index (χ3n) is 8.96. The van der Waals surface area contributed by atoms with Gasteiger partial charge in [-0.3, -0.25) is 0 Å². The van der Waals surface area contributed by atoms with Crippen LogP contribution in [-0.2, 0) is 0 Å². The number of nitrogens with zero attached hydrogens (tertiary/aromatic N) is 2. The fourth-order valence-electron chi connectivity index (χ4n) is 7.46. The lowest BCUT2D eigenvalue weighted by atomic mass is 9.33. The van der Waals surface area contributed by atoms with E-state index in [1.807, 2.05) is 11.3 Å². The molecule has 10 rings (SSSR count). The summed E-state index contributed by atoms with van der Waals surface area (Å²) < 4.78 is 5.31. The molecule has 184 valence electrons. The van der Waals surface area contributed by atoms with Crippen LogP contribution < -0.4 is 21.3 Å². The van der Waals surface area contributed by atoms with Gasteiger partial charge in [0.25, 0.3) is 6.71 Å². The molecule has 6 aromatic carbocycles. The molecule has 0 aliphatic carbocycles. The summed E-state index contributed by atoms with van der Waals surface area (Å²) in [5.41, 5.74) is 11.9. The molecule has 0 radical (unpaired) electrons. The molecule has 0 fully saturated rings. The lowest BCUT2D eigenvalue weighted by Crippen LogP contribution is -2.60. The summed E-state index contributed by atoms with van der Waals surface area (Å²) in [6.45, 7) is 0.151. The number of hydrogen-bond donors (Lipinski definition) is 0. The van der Waals surface area contributed by atoms with Crippen molar-refractivity contribution in [3.05, 3.63) is 127 Å². The number of benzene rings is 6. The average Bonchev–Trinajstić information content (AvgIpc) is 3.56. The van der Waals surface area contributed by atoms with Crippen LogP contribution in [0.25, 0.3) is 47.7 Å². The predicted octanol–water partition coefficient (Wildman–Crippen LogP) is 7.76. The quantitative estimate of drug-likeness (QED) is 0.199. The van der Waals surface area contributed by atoms with Crippen molar-refractivity contribution in [2.45, 2.75) is 0 Å². The molecule has 0 unspecified atom stereocenters. The summed E-state index contributed by atoms with van der Waals surface area (Å²) in [5, 5.41) is 5.39. The number of aromatic nitrogens is 1. The van der Waals surface area contributed by atoms with Crippen LogP contribution in [0, 0.1) is 0 Å². The second-order valence-corrected chi connectivity index (χ2v) is 11.9. The van der Waals surface area contributed by atoms with Gasteiger partial charge >= 0.3 is 0 Å². The lowest BCUT2D eigenvalue weighted by Gasteiger charge is -2.40. The number of fused-ring (bicyclic) bond motifs is 11. The van der Waals surface area contributed by atoms with Gasteiger partial charge in [-0.25, -0.2) is 0 Å². The summed E-state index contributed by atoms with van der Waals surface area (Å²) in [5.74, 6) is 0. The molecule has 2 nitrogen and oxygen atoms in total. The van der Waals surface area contributed by atoms with Crippen LogP contribution in [0.2, 0.25) is 0 Å². The summed E-state index contributed by atoms with van der Waals surface area (Å²) in [6.07, 6.45) is 0. The van der Waals surface area contributed by atoms with E-state index in [4.69, 9.17) is 0 Å². The van der Waals surface area contributed by atoms with Gasteiger partial charge in [-0.1, -0.05) is 78.9 Å². The maximum atomic E-state index is 2.55. The Kier molecular flexibility index (Phi) is 3.92. The van der Waals surface area contributed by atoms with Crippen LogP contribution in [0.4, 0.5) is 17.1 Å². The molecular weight excluding hydrogens is 503 g/mol. The minimum atomic E-state index is 0.151. The Hall–Kier alpha value is -4.80. The topological polar surface area (TPSA) is 8.17 Å². The largest absolute Gasteiger partial charge is 0.311 e. The van der Waals surface area contributed by atoms with E-state index in [9.17, 15) is 0 Å². The molecule has 40 heavy (non-hydrogen) atoms. The van der Waals surface area contributed by atoms with E-state index in [-0.39, 0.29) is 6.71 Å². The van der Waals surface area contributed by atoms with Gasteiger partial charge in [0, 0.05) is 53.7 Å². The highest BCUT2D eigenvalue weighted by atomic mass is 32.1. The third kappa shape index (κ3) is 2.46. The van der Waals surface area contributed by atoms with Gasteiger partial charge in [0.15, 0.2) is 0 Å². The van der Waals surface area contributed by atoms with E-state index in [0.717, 1.165) is 0 Å². The van der Waals surface area contributed by atoms with E-state index in [1.165, 1.54) is 81.1 Å². The highest BCUT2D eigenvalue weighted by molar-refractivity contribution is 7.28. The standard InChI is InChI=1S/C36H21BN2S/c1-2-11-22(12-3-1)38-29-17-8-6-15-27(29)37-33-30(38)18-10-19-31(33)39-28-16-7-4-13-23(28)25-21-26-24-14-5-9-20-32(24)40-36(26)34(37)35(25)39/h1-21H. The molecule has 0 spiro atoms. The number of thiophene rings is 1. The van der Waals surface area contributed by atoms with Gasteiger partial charge in [0.1, 0.15) is 0 Å². The van der Waals surface area contributed by atoms with Gasteiger partial charge < -0.3 is 9.47 Å². The summed E-state index contributed by atoms with van der Waals surface area (Å²) in [7, 11) is 0. The SMILES string of the molecule is c1ccc(N2c3ccccc3B3c4c2cccc4-n2c4ccccc4c4cc5c(sc6ccccc65)c3c42)cc1. The fourth-order valence-corrected chi connectivity index (χ4v) is 8.72. The number of hydrogen-bond acceptors (Lipinski definition) is 2. The summed E-state index contributed by atoms with van der Waals surface area (Å²) in [4.78, 5) is 2.46. The van der Waals surface area contributed by atoms with Gasteiger partial charge in [-0.2, -0.15) is 0 Å². The lowest BCUT2D eigenvalue weighted by molar-refractivity contribution is 1.18. The van der Waals surface area contributed by atoms with Gasteiger partial charge in [-0.05, 0) is 64.9 Å². The minimum absolute atomic E-state index is 0.151. The van der Waals surface area contributed by atoms with Crippen LogP contribution in [0.5, 0.6) is 0 Å². The molecule has 0 amide bonds. The van der Waals surface area contributed by atoms with Gasteiger partial charge in [0.05, 0.1) is 11.0 Å². The average molecular weight is 524 g/mol. The van der Waals surface area contributed by atoms with Crippen molar-refractivity contribution in [2.24, 2.45) is 0 Å². The Balaban J connectivity index is 1.46. The van der Waals surface area contributed by atoms with Crippen molar-refractivity contribution < 1.29 is 0 Å². The van der Waals surface area contributed by atoms with E-state index >= 15 is 0 Å². The molecule has 4 heterocycles. The van der Waals surface area contributed by atoms with Crippen LogP contribution in [0.15, 0.2) is 127 Å². The van der Waals surface area contributed by atoms with Gasteiger partial charge in [0.2, 0.25) is 0 Å². The van der Waals surface area contributed by atoms with Crippen molar-refractivity contribution in [1.82, 2.24) is 4.57 Å². The highest BCUT2D eigenvalue weighted by Crippen LogP contribution is 2.44. The van der Waals surface area contributed by atoms with E-state index < -0.39 is 0 Å². The minimum Gasteiger partial charge on any atom is -0.311 e. The van der Waals surface area contributed by atoms with Crippen molar-refractivity contribution in [3.8, 4) is 5.69 Å². The predicted molar refractivity (Wildman–Crippen MR) is 173 cm³/mol. The van der Waals surface area contributed by atoms with Crippen molar-refractivity contribution in [2.75, 3.05) is 4.90 Å². The number of para-hydroxylation sites is 3. The molecule has 0 bridgehead atoms. The molecule has 0 saturated heterocycles. The molecule has 8 aromatic rings. The molecule has 2 aliphatic heterocycles. The van der Waals surface area contributed by atoms with Crippen molar-refractivity contribution in [1.29, 1.82) is 0 Å². The maximum Gasteiger partial charge on any atom is 0.254 e. The van der Waals surface area contributed by atoms with Crippen LogP contribution in [0.3, 0.4) is 0 Å². The maximum absolute atomic E-state index is 2.55. The second kappa shape index (κ2) is 7.44. The first-order valence-electron chi connectivity index (χ1n) is 13.8. The zero-order valence-corrected chi connectivity index (χ0v) is 22.3. The Bertz CT molecular complexity index is 2350. The number of rotatable bonds is 1. The first-order chi connectivity index (χ1) is 19.9. The first kappa shape index (κ1) is 21.1. The fraction of sp³-hybridized carbons (Fsp3) is 0. The summed E-state index contributed by atoms with van der Waals surface area (Å²) in [6, 6.07) is 47.0. The Morgan fingerprint density at radius 1 is 0.525 bits per heavy atom. The van der Waals surface area contributed by atoms with Crippen LogP contribution in [0.1, 0.15) is 0 Å². The Morgan fingerprint density at radius 2 is 1.25 bits per heavy atom. The Morgan fingerprint density at radius 3 is 2.17 bits per heavy atom. The molecular formula is C36H21BN2S. The Labute approximate surface area is 235 Å². The molecule has 2 aromatic heterocycles. The number of anilines is 3. The zero-order chi connectivity index (χ0) is 25.9. The molecule has 0 saturated carbocycles. The van der Waals surface area contributed by atoms with Crippen LogP contribution >= 0.6 is 11.3 Å². The monoisotopic (exact) mass is 524 g/mol. The van der Waals surface area contributed by atoms with E-state index in [2.05, 4.69) is 137 Å². The zero-order valence-electron chi connectivity index (χ0n) is 21.5. The highest BCUT2D eigenvalue weighted by Gasteiger charge is 2.43. The van der Waals surface area contributed by atoms with Gasteiger partial charge in [-0.15, -0.1) is 11.3 Å². The summed E-state index contributed by atoms with van der Waals surface area (Å²) >= 11 is 1.95. The molecule has 2 aliphatic rings. The van der Waals surface area contributed by atoms with Crippen LogP contribution in [-0.4, -0.2) is 11.3 Å². The molecule has 0 N–H and O–H groups in total. The molecule has 0 atom stereocenters. The van der Waals surface area contributed by atoms with Crippen molar-refractivity contribution in [3.63, 3.8) is 0 Å². The molecule has 4 heteroatoms. The van der Waals surface area contributed by atoms with E-state index in [0.29, 0.717) is 0 Å². The second-order valence-electron chi connectivity index (χ2n) is 10.9. The normalized spacial score (nSPS) is 13.4. The van der Waals surface area contributed by atoms with E-state index in [1.54, 1.807) is 0 Å². The first-order valence-corrected chi connectivity index (χ1v) is 14.6. The third-order valence-corrected chi connectivity index (χ3v) is 10.2. The van der Waals surface area contributed by atoms with Crippen molar-refractivity contribution >= 4 is 93.5 Å².